The van der Waals surface area contributed by atoms with Gasteiger partial charge in [0.25, 0.3) is 5.91 Å². The Labute approximate surface area is 198 Å². The maximum Gasteiger partial charge on any atom is 0.251 e. The second-order valence-electron chi connectivity index (χ2n) is 7.62. The molecule has 0 aliphatic heterocycles. The van der Waals surface area contributed by atoms with Crippen molar-refractivity contribution >= 4 is 23.4 Å². The number of carbonyl (C=O) groups is 1. The predicted octanol–water partition coefficient (Wildman–Crippen LogP) is 3.39. The molecule has 0 aliphatic rings. The first kappa shape index (κ1) is 24.4. The van der Waals surface area contributed by atoms with Gasteiger partial charge in [-0.05, 0) is 55.7 Å². The first-order valence-corrected chi connectivity index (χ1v) is 10.8. The van der Waals surface area contributed by atoms with Crippen molar-refractivity contribution in [1.82, 2.24) is 25.5 Å². The minimum absolute atomic E-state index is 0.122. The van der Waals surface area contributed by atoms with E-state index >= 15 is 0 Å². The summed E-state index contributed by atoms with van der Waals surface area (Å²) in [5.41, 5.74) is 11.8. The molecule has 0 radical (unpaired) electrons. The molecule has 2 aromatic carbocycles. The highest BCUT2D eigenvalue weighted by Gasteiger charge is 2.11. The van der Waals surface area contributed by atoms with Crippen molar-refractivity contribution in [2.24, 2.45) is 0 Å². The number of hydrogen-bond donors (Lipinski definition) is 5. The fraction of sp³-hybridized carbons (Fsp3) is 0.200. The minimum Gasteiger partial charge on any atom is -0.396 e. The molecule has 0 bridgehead atoms. The van der Waals surface area contributed by atoms with Gasteiger partial charge in [-0.2, -0.15) is 10.1 Å². The number of aromatic nitrogens is 4. The SMILES string of the molecule is CNC(=O)c1ccc(Nc2ncc(-c3cc(C)[nH]n3)c(N)n2)cc1C.OCCc1ccccc1. The smallest absolute Gasteiger partial charge is 0.251 e. The number of nitrogens with zero attached hydrogens (tertiary/aromatic N) is 3. The normalized spacial score (nSPS) is 10.2. The zero-order valence-corrected chi connectivity index (χ0v) is 19.5. The molecule has 0 spiro atoms. The number of aliphatic hydroxyl groups is 1. The molecular formula is C25H29N7O2. The number of nitrogen functional groups attached to an aromatic ring is 1. The molecule has 2 heterocycles. The second-order valence-corrected chi connectivity index (χ2v) is 7.62. The number of hydrogen-bond acceptors (Lipinski definition) is 7. The van der Waals surface area contributed by atoms with Gasteiger partial charge in [0.15, 0.2) is 0 Å². The molecule has 9 nitrogen and oxygen atoms in total. The Kier molecular flexibility index (Phi) is 8.31. The van der Waals surface area contributed by atoms with Crippen molar-refractivity contribution in [1.29, 1.82) is 0 Å². The summed E-state index contributed by atoms with van der Waals surface area (Å²) < 4.78 is 0. The standard InChI is InChI=1S/C17H19N7O.C8H10O/c1-9-6-11(4-5-12(9)16(25)19-3)21-17-20-8-13(15(18)22-17)14-7-10(2)23-24-14;9-7-6-8-4-2-1-3-5-8/h4-8H,1-3H3,(H,19,25)(H,23,24)(H3,18,20,21,22);1-5,9H,6-7H2. The molecule has 0 saturated carbocycles. The molecule has 176 valence electrons. The lowest BCUT2D eigenvalue weighted by atomic mass is 10.1. The zero-order valence-electron chi connectivity index (χ0n) is 19.5. The topological polar surface area (TPSA) is 142 Å². The van der Waals surface area contributed by atoms with E-state index in [1.54, 1.807) is 25.4 Å². The first-order chi connectivity index (χ1) is 16.4. The Balaban J connectivity index is 0.000000302. The molecule has 6 N–H and O–H groups in total. The van der Waals surface area contributed by atoms with E-state index in [1.165, 1.54) is 5.56 Å². The molecule has 34 heavy (non-hydrogen) atoms. The van der Waals surface area contributed by atoms with Gasteiger partial charge in [-0.25, -0.2) is 4.98 Å². The summed E-state index contributed by atoms with van der Waals surface area (Å²) in [6.07, 6.45) is 2.40. The Morgan fingerprint density at radius 3 is 2.47 bits per heavy atom. The van der Waals surface area contributed by atoms with Crippen molar-refractivity contribution in [3.8, 4) is 11.3 Å². The quantitative estimate of drug-likeness (QED) is 0.297. The van der Waals surface area contributed by atoms with E-state index in [2.05, 4.69) is 30.8 Å². The number of amides is 1. The summed E-state index contributed by atoms with van der Waals surface area (Å²) in [7, 11) is 1.60. The van der Waals surface area contributed by atoms with Crippen molar-refractivity contribution in [3.63, 3.8) is 0 Å². The largest absolute Gasteiger partial charge is 0.396 e. The van der Waals surface area contributed by atoms with Gasteiger partial charge in [0.2, 0.25) is 5.95 Å². The van der Waals surface area contributed by atoms with E-state index in [-0.39, 0.29) is 12.5 Å². The number of aryl methyl sites for hydroxylation is 2. The fourth-order valence-corrected chi connectivity index (χ4v) is 3.24. The van der Waals surface area contributed by atoms with Gasteiger partial charge in [0, 0.05) is 36.8 Å². The fourth-order valence-electron chi connectivity index (χ4n) is 3.24. The van der Waals surface area contributed by atoms with Crippen molar-refractivity contribution in [2.45, 2.75) is 20.3 Å². The number of aromatic amines is 1. The van der Waals surface area contributed by atoms with Gasteiger partial charge in [-0.3, -0.25) is 9.89 Å². The third kappa shape index (κ3) is 6.39. The molecular weight excluding hydrogens is 430 g/mol. The van der Waals surface area contributed by atoms with Gasteiger partial charge in [-0.1, -0.05) is 30.3 Å². The first-order valence-electron chi connectivity index (χ1n) is 10.8. The Bertz CT molecular complexity index is 1240. The van der Waals surface area contributed by atoms with E-state index in [1.807, 2.05) is 56.3 Å². The maximum atomic E-state index is 11.7. The third-order valence-corrected chi connectivity index (χ3v) is 5.00. The molecule has 0 fully saturated rings. The summed E-state index contributed by atoms with van der Waals surface area (Å²) in [5.74, 6) is 0.589. The average molecular weight is 460 g/mol. The van der Waals surface area contributed by atoms with Gasteiger partial charge in [0.05, 0.1) is 11.3 Å². The zero-order chi connectivity index (χ0) is 24.5. The number of rotatable bonds is 6. The number of H-pyrrole nitrogens is 1. The molecule has 2 aromatic heterocycles. The highest BCUT2D eigenvalue weighted by atomic mass is 16.3. The van der Waals surface area contributed by atoms with Crippen LogP contribution in [0.25, 0.3) is 11.3 Å². The predicted molar refractivity (Wildman–Crippen MR) is 134 cm³/mol. The Morgan fingerprint density at radius 1 is 1.12 bits per heavy atom. The molecule has 4 rings (SSSR count). The molecule has 4 aromatic rings. The highest BCUT2D eigenvalue weighted by Crippen LogP contribution is 2.24. The van der Waals surface area contributed by atoms with Crippen LogP contribution in [-0.2, 0) is 6.42 Å². The summed E-state index contributed by atoms with van der Waals surface area (Å²) in [6, 6.07) is 17.2. The summed E-state index contributed by atoms with van der Waals surface area (Å²) in [6.45, 7) is 4.02. The van der Waals surface area contributed by atoms with Crippen LogP contribution in [0.1, 0.15) is 27.2 Å². The van der Waals surface area contributed by atoms with Gasteiger partial charge in [-0.15, -0.1) is 0 Å². The molecule has 0 atom stereocenters. The molecule has 0 aliphatic carbocycles. The van der Waals surface area contributed by atoms with E-state index in [9.17, 15) is 4.79 Å². The van der Waals surface area contributed by atoms with Gasteiger partial charge >= 0.3 is 0 Å². The van der Waals surface area contributed by atoms with Gasteiger partial charge < -0.3 is 21.5 Å². The van der Waals surface area contributed by atoms with E-state index in [0.29, 0.717) is 28.6 Å². The Morgan fingerprint density at radius 2 is 1.88 bits per heavy atom. The van der Waals surface area contributed by atoms with Crippen LogP contribution >= 0.6 is 0 Å². The number of benzene rings is 2. The monoisotopic (exact) mass is 459 g/mol. The highest BCUT2D eigenvalue weighted by molar-refractivity contribution is 5.95. The lowest BCUT2D eigenvalue weighted by Gasteiger charge is -2.10. The summed E-state index contributed by atoms with van der Waals surface area (Å²) in [5, 5.41) is 21.3. The molecule has 0 unspecified atom stereocenters. The number of nitrogens with one attached hydrogen (secondary N) is 3. The van der Waals surface area contributed by atoms with Crippen LogP contribution in [0.2, 0.25) is 0 Å². The molecule has 1 amide bonds. The van der Waals surface area contributed by atoms with Crippen molar-refractivity contribution in [2.75, 3.05) is 24.7 Å². The van der Waals surface area contributed by atoms with E-state index in [4.69, 9.17) is 10.8 Å². The van der Waals surface area contributed by atoms with E-state index in [0.717, 1.165) is 23.4 Å². The van der Waals surface area contributed by atoms with Crippen LogP contribution < -0.4 is 16.4 Å². The lowest BCUT2D eigenvalue weighted by Crippen LogP contribution is -2.18. The number of carbonyl (C=O) groups excluding carboxylic acids is 1. The number of anilines is 3. The lowest BCUT2D eigenvalue weighted by molar-refractivity contribution is 0.0962. The second kappa shape index (κ2) is 11.6. The van der Waals surface area contributed by atoms with Crippen molar-refractivity contribution < 1.29 is 9.90 Å². The third-order valence-electron chi connectivity index (χ3n) is 5.00. The van der Waals surface area contributed by atoms with Crippen LogP contribution in [0.5, 0.6) is 0 Å². The summed E-state index contributed by atoms with van der Waals surface area (Å²) >= 11 is 0. The molecule has 9 heteroatoms. The summed E-state index contributed by atoms with van der Waals surface area (Å²) in [4.78, 5) is 20.3. The van der Waals surface area contributed by atoms with E-state index < -0.39 is 0 Å². The van der Waals surface area contributed by atoms with Gasteiger partial charge in [0.1, 0.15) is 5.82 Å². The average Bonchev–Trinajstić information content (AvgIpc) is 3.26. The Hall–Kier alpha value is -4.24. The van der Waals surface area contributed by atoms with Crippen LogP contribution in [0.15, 0.2) is 60.8 Å². The minimum atomic E-state index is -0.122. The number of aliphatic hydroxyl groups excluding tert-OH is 1. The van der Waals surface area contributed by atoms with Crippen LogP contribution in [0.3, 0.4) is 0 Å². The van der Waals surface area contributed by atoms with Crippen LogP contribution in [0.4, 0.5) is 17.5 Å². The molecule has 0 saturated heterocycles. The van der Waals surface area contributed by atoms with Crippen LogP contribution in [-0.4, -0.2) is 44.8 Å². The maximum absolute atomic E-state index is 11.7. The van der Waals surface area contributed by atoms with Crippen molar-refractivity contribution in [3.05, 3.63) is 83.2 Å². The number of nitrogens with two attached hydrogens (primary N) is 1. The van der Waals surface area contributed by atoms with Crippen LogP contribution in [0, 0.1) is 13.8 Å².